The summed E-state index contributed by atoms with van der Waals surface area (Å²) in [6.07, 6.45) is 0.630. The molecule has 1 rings (SSSR count). The highest BCUT2D eigenvalue weighted by Gasteiger charge is 2.13. The summed E-state index contributed by atoms with van der Waals surface area (Å²) < 4.78 is 5.82. The van der Waals surface area contributed by atoms with E-state index in [2.05, 4.69) is 38.2 Å². The Bertz CT molecular complexity index is 385. The van der Waals surface area contributed by atoms with Gasteiger partial charge in [0.15, 0.2) is 0 Å². The molecule has 2 N–H and O–H groups in total. The summed E-state index contributed by atoms with van der Waals surface area (Å²) in [7, 11) is 0. The van der Waals surface area contributed by atoms with Gasteiger partial charge in [0.1, 0.15) is 5.75 Å². The lowest BCUT2D eigenvalue weighted by Gasteiger charge is -2.19. The first-order valence-corrected chi connectivity index (χ1v) is 6.99. The molecule has 0 radical (unpaired) electrons. The average molecular weight is 265 g/mol. The number of ether oxygens (including phenoxy) is 1. The van der Waals surface area contributed by atoms with E-state index in [0.717, 1.165) is 30.0 Å². The SMILES string of the molecule is CCNCc1cc(C)c(OCCC(C)(C)O)c(C)c1. The molecule has 1 aromatic rings. The van der Waals surface area contributed by atoms with Crippen LogP contribution in [0.15, 0.2) is 12.1 Å². The Hall–Kier alpha value is -1.06. The number of aryl methyl sites for hydroxylation is 2. The first-order valence-electron chi connectivity index (χ1n) is 6.99. The topological polar surface area (TPSA) is 41.5 Å². The zero-order valence-electron chi connectivity index (χ0n) is 12.8. The molecule has 0 saturated carbocycles. The Morgan fingerprint density at radius 2 is 1.79 bits per heavy atom. The second kappa shape index (κ2) is 6.92. The van der Waals surface area contributed by atoms with Crippen LogP contribution in [0, 0.1) is 13.8 Å². The van der Waals surface area contributed by atoms with Gasteiger partial charge in [0.2, 0.25) is 0 Å². The van der Waals surface area contributed by atoms with Gasteiger partial charge in [-0.3, -0.25) is 0 Å². The fraction of sp³-hybridized carbons (Fsp3) is 0.625. The molecule has 108 valence electrons. The Morgan fingerprint density at radius 3 is 2.26 bits per heavy atom. The van der Waals surface area contributed by atoms with Gasteiger partial charge in [-0.05, 0) is 50.9 Å². The summed E-state index contributed by atoms with van der Waals surface area (Å²) in [5, 5.41) is 13.0. The molecule has 0 aliphatic heterocycles. The van der Waals surface area contributed by atoms with Crippen molar-refractivity contribution in [2.75, 3.05) is 13.2 Å². The summed E-state index contributed by atoms with van der Waals surface area (Å²) in [4.78, 5) is 0. The second-order valence-electron chi connectivity index (χ2n) is 5.75. The van der Waals surface area contributed by atoms with Crippen molar-refractivity contribution >= 4 is 0 Å². The number of rotatable bonds is 7. The summed E-state index contributed by atoms with van der Waals surface area (Å²) in [5.74, 6) is 0.949. The molecule has 0 fully saturated rings. The maximum absolute atomic E-state index is 9.69. The number of hydrogen-bond acceptors (Lipinski definition) is 3. The van der Waals surface area contributed by atoms with Crippen LogP contribution in [0.4, 0.5) is 0 Å². The normalized spacial score (nSPS) is 11.7. The molecule has 0 heterocycles. The first-order chi connectivity index (χ1) is 8.83. The van der Waals surface area contributed by atoms with Gasteiger partial charge in [-0.25, -0.2) is 0 Å². The molecule has 3 heteroatoms. The van der Waals surface area contributed by atoms with Gasteiger partial charge in [0.05, 0.1) is 12.2 Å². The number of hydrogen-bond donors (Lipinski definition) is 2. The molecular formula is C16H27NO2. The fourth-order valence-electron chi connectivity index (χ4n) is 2.04. The van der Waals surface area contributed by atoms with E-state index in [-0.39, 0.29) is 0 Å². The second-order valence-corrected chi connectivity index (χ2v) is 5.75. The van der Waals surface area contributed by atoms with E-state index < -0.39 is 5.60 Å². The van der Waals surface area contributed by atoms with Crippen molar-refractivity contribution in [3.63, 3.8) is 0 Å². The van der Waals surface area contributed by atoms with Crippen molar-refractivity contribution in [1.82, 2.24) is 5.32 Å². The zero-order chi connectivity index (χ0) is 14.5. The van der Waals surface area contributed by atoms with Crippen LogP contribution in [0.1, 0.15) is 43.9 Å². The molecular weight excluding hydrogens is 238 g/mol. The predicted molar refractivity (Wildman–Crippen MR) is 79.7 cm³/mol. The maximum atomic E-state index is 9.69. The summed E-state index contributed by atoms with van der Waals surface area (Å²) in [5.41, 5.74) is 2.92. The van der Waals surface area contributed by atoms with Crippen LogP contribution >= 0.6 is 0 Å². The van der Waals surface area contributed by atoms with Crippen molar-refractivity contribution in [3.8, 4) is 5.75 Å². The van der Waals surface area contributed by atoms with E-state index in [4.69, 9.17) is 4.74 Å². The van der Waals surface area contributed by atoms with E-state index in [0.29, 0.717) is 13.0 Å². The van der Waals surface area contributed by atoms with Crippen molar-refractivity contribution in [3.05, 3.63) is 28.8 Å². The van der Waals surface area contributed by atoms with Crippen molar-refractivity contribution in [2.24, 2.45) is 0 Å². The molecule has 1 aromatic carbocycles. The maximum Gasteiger partial charge on any atom is 0.125 e. The summed E-state index contributed by atoms with van der Waals surface area (Å²) in [6.45, 7) is 12.3. The molecule has 3 nitrogen and oxygen atoms in total. The minimum Gasteiger partial charge on any atom is -0.493 e. The monoisotopic (exact) mass is 265 g/mol. The van der Waals surface area contributed by atoms with E-state index in [1.807, 2.05) is 0 Å². The lowest BCUT2D eigenvalue weighted by molar-refractivity contribution is 0.0551. The largest absolute Gasteiger partial charge is 0.493 e. The number of benzene rings is 1. The Balaban J connectivity index is 2.69. The molecule has 0 aromatic heterocycles. The van der Waals surface area contributed by atoms with E-state index >= 15 is 0 Å². The number of nitrogens with one attached hydrogen (secondary N) is 1. The molecule has 0 aliphatic carbocycles. The Morgan fingerprint density at radius 1 is 1.21 bits per heavy atom. The van der Waals surface area contributed by atoms with Crippen molar-refractivity contribution in [1.29, 1.82) is 0 Å². The molecule has 0 spiro atoms. The molecule has 0 atom stereocenters. The van der Waals surface area contributed by atoms with Crippen LogP contribution in [0.5, 0.6) is 5.75 Å². The lowest BCUT2D eigenvalue weighted by atomic mass is 10.0. The van der Waals surface area contributed by atoms with Crippen LogP contribution in [0.2, 0.25) is 0 Å². The highest BCUT2D eigenvalue weighted by molar-refractivity contribution is 5.43. The Kier molecular flexibility index (Phi) is 5.83. The average Bonchev–Trinajstić information content (AvgIpc) is 2.28. The minimum atomic E-state index is -0.674. The highest BCUT2D eigenvalue weighted by atomic mass is 16.5. The predicted octanol–water partition coefficient (Wildman–Crippen LogP) is 2.95. The first kappa shape index (κ1) is 16.0. The van der Waals surface area contributed by atoms with Gasteiger partial charge in [0.25, 0.3) is 0 Å². The zero-order valence-corrected chi connectivity index (χ0v) is 12.8. The standard InChI is InChI=1S/C16H27NO2/c1-6-17-11-14-9-12(2)15(13(3)10-14)19-8-7-16(4,5)18/h9-10,17-18H,6-8,11H2,1-5H3. The van der Waals surface area contributed by atoms with Crippen molar-refractivity contribution in [2.45, 2.75) is 53.2 Å². The minimum absolute atomic E-state index is 0.539. The van der Waals surface area contributed by atoms with Crippen molar-refractivity contribution < 1.29 is 9.84 Å². The summed E-state index contributed by atoms with van der Waals surface area (Å²) >= 11 is 0. The van der Waals surface area contributed by atoms with Crippen LogP contribution in [-0.4, -0.2) is 23.9 Å². The Labute approximate surface area is 117 Å². The molecule has 0 amide bonds. The van der Waals surface area contributed by atoms with Gasteiger partial charge in [0, 0.05) is 13.0 Å². The van der Waals surface area contributed by atoms with Crippen LogP contribution < -0.4 is 10.1 Å². The van der Waals surface area contributed by atoms with Gasteiger partial charge in [-0.15, -0.1) is 0 Å². The van der Waals surface area contributed by atoms with E-state index in [1.54, 1.807) is 13.8 Å². The molecule has 0 aliphatic rings. The van der Waals surface area contributed by atoms with Gasteiger partial charge >= 0.3 is 0 Å². The molecule has 0 unspecified atom stereocenters. The van der Waals surface area contributed by atoms with Gasteiger partial charge < -0.3 is 15.2 Å². The molecule has 19 heavy (non-hydrogen) atoms. The van der Waals surface area contributed by atoms with Gasteiger partial charge in [-0.1, -0.05) is 19.1 Å². The van der Waals surface area contributed by atoms with Crippen LogP contribution in [0.3, 0.4) is 0 Å². The third-order valence-electron chi connectivity index (χ3n) is 3.06. The summed E-state index contributed by atoms with van der Waals surface area (Å²) in [6, 6.07) is 4.32. The molecule has 0 bridgehead atoms. The smallest absolute Gasteiger partial charge is 0.125 e. The fourth-order valence-corrected chi connectivity index (χ4v) is 2.04. The van der Waals surface area contributed by atoms with Crippen LogP contribution in [-0.2, 0) is 6.54 Å². The van der Waals surface area contributed by atoms with E-state index in [1.165, 1.54) is 5.56 Å². The third kappa shape index (κ3) is 5.62. The lowest BCUT2D eigenvalue weighted by Crippen LogP contribution is -2.22. The van der Waals surface area contributed by atoms with Gasteiger partial charge in [-0.2, -0.15) is 0 Å². The molecule has 0 saturated heterocycles. The third-order valence-corrected chi connectivity index (χ3v) is 3.06. The quantitative estimate of drug-likeness (QED) is 0.796. The highest BCUT2D eigenvalue weighted by Crippen LogP contribution is 2.25. The van der Waals surface area contributed by atoms with Crippen LogP contribution in [0.25, 0.3) is 0 Å². The van der Waals surface area contributed by atoms with E-state index in [9.17, 15) is 5.11 Å². The number of aliphatic hydroxyl groups is 1.